The molecule has 2 rings (SSSR count). The van der Waals surface area contributed by atoms with E-state index < -0.39 is 29.0 Å². The second kappa shape index (κ2) is 8.88. The van der Waals surface area contributed by atoms with Gasteiger partial charge in [-0.1, -0.05) is 0 Å². The quantitative estimate of drug-likeness (QED) is 0.406. The number of carbonyl (C=O) groups excluding carboxylic acids is 1. The number of ether oxygens (including phenoxy) is 1. The van der Waals surface area contributed by atoms with Crippen molar-refractivity contribution in [2.45, 2.75) is 32.3 Å². The Kier molecular flexibility index (Phi) is 6.84. The molecule has 1 unspecified atom stereocenters. The van der Waals surface area contributed by atoms with E-state index in [1.807, 2.05) is 13.8 Å². The number of nitrogens with one attached hydrogen (secondary N) is 3. The smallest absolute Gasteiger partial charge is 0.246 e. The Hall–Kier alpha value is -2.29. The lowest BCUT2D eigenvalue weighted by Gasteiger charge is -2.24. The molecule has 9 heteroatoms. The number of halogens is 3. The molecule has 1 aromatic rings. The Morgan fingerprint density at radius 3 is 2.69 bits per heavy atom. The van der Waals surface area contributed by atoms with E-state index in [1.165, 1.54) is 0 Å². The van der Waals surface area contributed by atoms with Crippen LogP contribution in [0.5, 0.6) is 0 Å². The summed E-state index contributed by atoms with van der Waals surface area (Å²) in [5.41, 5.74) is -0.721. The number of hydrogen-bond donors (Lipinski definition) is 3. The molecule has 1 fully saturated rings. The van der Waals surface area contributed by atoms with Gasteiger partial charge in [0.2, 0.25) is 5.91 Å². The molecule has 1 amide bonds. The second-order valence-corrected chi connectivity index (χ2v) is 6.22. The van der Waals surface area contributed by atoms with E-state index >= 15 is 0 Å². The largest absolute Gasteiger partial charge is 0.373 e. The average molecular weight is 372 g/mol. The first-order valence-electron chi connectivity index (χ1n) is 8.44. The summed E-state index contributed by atoms with van der Waals surface area (Å²) in [7, 11) is 0. The molecule has 1 heterocycles. The molecule has 26 heavy (non-hydrogen) atoms. The zero-order valence-electron chi connectivity index (χ0n) is 14.8. The maximum Gasteiger partial charge on any atom is 0.246 e. The van der Waals surface area contributed by atoms with Gasteiger partial charge in [0.1, 0.15) is 6.54 Å². The first kappa shape index (κ1) is 20.0. The van der Waals surface area contributed by atoms with Crippen LogP contribution >= 0.6 is 0 Å². The van der Waals surface area contributed by atoms with Crippen molar-refractivity contribution < 1.29 is 22.7 Å². The fourth-order valence-corrected chi connectivity index (χ4v) is 2.55. The Balaban J connectivity index is 1.93. The molecule has 0 spiro atoms. The molecule has 0 saturated carbocycles. The van der Waals surface area contributed by atoms with Crippen molar-refractivity contribution in [2.75, 3.05) is 31.6 Å². The lowest BCUT2D eigenvalue weighted by molar-refractivity contribution is -0.114. The Bertz CT molecular complexity index is 676. The van der Waals surface area contributed by atoms with Gasteiger partial charge in [0.05, 0.1) is 11.3 Å². The number of guanidine groups is 1. The monoisotopic (exact) mass is 372 g/mol. The molecule has 0 radical (unpaired) electrons. The Morgan fingerprint density at radius 2 is 2.04 bits per heavy atom. The minimum Gasteiger partial charge on any atom is -0.373 e. The molecule has 1 saturated heterocycles. The van der Waals surface area contributed by atoms with Crippen molar-refractivity contribution in [3.63, 3.8) is 0 Å². The predicted octanol–water partition coefficient (Wildman–Crippen LogP) is 2.17. The SMILES string of the molecule is CCNC(=NCC(=O)Nc1ccc(F)c(F)c1F)NCC1(C)CCCO1. The standard InChI is InChI=1S/C17H23F3N4O2/c1-3-21-16(23-10-17(2)7-4-8-26-17)22-9-13(25)24-12-6-5-11(18)14(19)15(12)20/h5-6H,3-4,7-10H2,1-2H3,(H,24,25)(H2,21,22,23). The molecule has 6 nitrogen and oxygen atoms in total. The minimum atomic E-state index is -1.63. The highest BCUT2D eigenvalue weighted by Crippen LogP contribution is 2.23. The van der Waals surface area contributed by atoms with Crippen molar-refractivity contribution in [3.8, 4) is 0 Å². The van der Waals surface area contributed by atoms with Crippen LogP contribution in [0.15, 0.2) is 17.1 Å². The van der Waals surface area contributed by atoms with Crippen LogP contribution < -0.4 is 16.0 Å². The number of hydrogen-bond acceptors (Lipinski definition) is 3. The minimum absolute atomic E-state index is 0.285. The van der Waals surface area contributed by atoms with Crippen molar-refractivity contribution >= 4 is 17.6 Å². The molecule has 1 aliphatic rings. The molecule has 0 aromatic heterocycles. The zero-order valence-corrected chi connectivity index (χ0v) is 14.8. The third-order valence-electron chi connectivity index (χ3n) is 3.96. The summed E-state index contributed by atoms with van der Waals surface area (Å²) < 4.78 is 45.3. The van der Waals surface area contributed by atoms with E-state index in [1.54, 1.807) is 0 Å². The van der Waals surface area contributed by atoms with Gasteiger partial charge in [0, 0.05) is 19.7 Å². The summed E-state index contributed by atoms with van der Waals surface area (Å²) in [4.78, 5) is 16.0. The number of carbonyl (C=O) groups is 1. The van der Waals surface area contributed by atoms with Crippen LogP contribution in [0.25, 0.3) is 0 Å². The van der Waals surface area contributed by atoms with E-state index in [0.29, 0.717) is 25.7 Å². The molecule has 1 atom stereocenters. The fourth-order valence-electron chi connectivity index (χ4n) is 2.55. The van der Waals surface area contributed by atoms with Crippen molar-refractivity contribution in [2.24, 2.45) is 4.99 Å². The van der Waals surface area contributed by atoms with Crippen LogP contribution in [-0.4, -0.2) is 43.7 Å². The van der Waals surface area contributed by atoms with Crippen LogP contribution in [0.3, 0.4) is 0 Å². The summed E-state index contributed by atoms with van der Waals surface area (Å²) in [6.07, 6.45) is 1.92. The van der Waals surface area contributed by atoms with E-state index in [0.717, 1.165) is 25.0 Å². The highest BCUT2D eigenvalue weighted by atomic mass is 19.2. The third-order valence-corrected chi connectivity index (χ3v) is 3.96. The summed E-state index contributed by atoms with van der Waals surface area (Å²) >= 11 is 0. The van der Waals surface area contributed by atoms with Gasteiger partial charge in [-0.15, -0.1) is 0 Å². The lowest BCUT2D eigenvalue weighted by atomic mass is 10.0. The molecular weight excluding hydrogens is 349 g/mol. The number of nitrogens with zero attached hydrogens (tertiary/aromatic N) is 1. The summed E-state index contributed by atoms with van der Waals surface area (Å²) in [5, 5.41) is 8.26. The van der Waals surface area contributed by atoms with Gasteiger partial charge in [-0.3, -0.25) is 4.79 Å². The maximum absolute atomic E-state index is 13.6. The van der Waals surface area contributed by atoms with Crippen LogP contribution in [0.2, 0.25) is 0 Å². The topological polar surface area (TPSA) is 74.8 Å². The number of rotatable bonds is 6. The Morgan fingerprint density at radius 1 is 1.27 bits per heavy atom. The number of aliphatic imine (C=N–C) groups is 1. The molecule has 0 aliphatic carbocycles. The lowest BCUT2D eigenvalue weighted by Crippen LogP contribution is -2.45. The van der Waals surface area contributed by atoms with Gasteiger partial charge < -0.3 is 20.7 Å². The van der Waals surface area contributed by atoms with Crippen LogP contribution in [0.1, 0.15) is 26.7 Å². The highest BCUT2D eigenvalue weighted by molar-refractivity contribution is 5.94. The van der Waals surface area contributed by atoms with Crippen LogP contribution in [0, 0.1) is 17.5 Å². The van der Waals surface area contributed by atoms with E-state index in [4.69, 9.17) is 4.74 Å². The number of amides is 1. The third kappa shape index (κ3) is 5.35. The molecule has 1 aliphatic heterocycles. The van der Waals surface area contributed by atoms with Gasteiger partial charge in [-0.2, -0.15) is 0 Å². The number of benzene rings is 1. The van der Waals surface area contributed by atoms with E-state index in [2.05, 4.69) is 20.9 Å². The molecule has 1 aromatic carbocycles. The van der Waals surface area contributed by atoms with Crippen LogP contribution in [-0.2, 0) is 9.53 Å². The first-order valence-corrected chi connectivity index (χ1v) is 8.44. The number of anilines is 1. The zero-order chi connectivity index (χ0) is 19.2. The summed E-state index contributed by atoms with van der Waals surface area (Å²) in [5.74, 6) is -4.65. The van der Waals surface area contributed by atoms with Crippen molar-refractivity contribution in [1.82, 2.24) is 10.6 Å². The van der Waals surface area contributed by atoms with Gasteiger partial charge in [-0.05, 0) is 38.8 Å². The molecule has 3 N–H and O–H groups in total. The molecule has 0 bridgehead atoms. The van der Waals surface area contributed by atoms with Crippen molar-refractivity contribution in [3.05, 3.63) is 29.6 Å². The van der Waals surface area contributed by atoms with Gasteiger partial charge >= 0.3 is 0 Å². The van der Waals surface area contributed by atoms with Crippen LogP contribution in [0.4, 0.5) is 18.9 Å². The highest BCUT2D eigenvalue weighted by Gasteiger charge is 2.29. The molecule has 144 valence electrons. The summed E-state index contributed by atoms with van der Waals surface area (Å²) in [6.45, 7) is 5.39. The average Bonchev–Trinajstić information content (AvgIpc) is 3.05. The first-order chi connectivity index (χ1) is 12.3. The van der Waals surface area contributed by atoms with E-state index in [-0.39, 0.29) is 12.1 Å². The second-order valence-electron chi connectivity index (χ2n) is 6.22. The normalized spacial score (nSPS) is 20.1. The molecular formula is C17H23F3N4O2. The van der Waals surface area contributed by atoms with Gasteiger partial charge in [0.15, 0.2) is 23.4 Å². The van der Waals surface area contributed by atoms with Gasteiger partial charge in [-0.25, -0.2) is 18.2 Å². The van der Waals surface area contributed by atoms with E-state index in [9.17, 15) is 18.0 Å². The van der Waals surface area contributed by atoms with Gasteiger partial charge in [0.25, 0.3) is 0 Å². The maximum atomic E-state index is 13.6. The summed E-state index contributed by atoms with van der Waals surface area (Å²) in [6, 6.07) is 1.70. The Labute approximate surface area is 150 Å². The fraction of sp³-hybridized carbons (Fsp3) is 0.529. The predicted molar refractivity (Wildman–Crippen MR) is 92.5 cm³/mol. The van der Waals surface area contributed by atoms with Crippen molar-refractivity contribution in [1.29, 1.82) is 0 Å².